The number of halogens is 2. The van der Waals surface area contributed by atoms with E-state index in [0.29, 0.717) is 5.56 Å². The monoisotopic (exact) mass is 259 g/mol. The van der Waals surface area contributed by atoms with Crippen LogP contribution < -0.4 is 0 Å². The molecule has 1 aliphatic heterocycles. The first-order chi connectivity index (χ1) is 7.59. The first-order valence-corrected chi connectivity index (χ1v) is 5.85. The van der Waals surface area contributed by atoms with E-state index in [1.165, 1.54) is 6.07 Å². The molecule has 1 fully saturated rings. The third kappa shape index (κ3) is 2.13. The zero-order valence-corrected chi connectivity index (χ0v) is 10.3. The fraction of sp³-hybridized carbons (Fsp3) is 0.500. The Labute approximate surface area is 104 Å². The summed E-state index contributed by atoms with van der Waals surface area (Å²) in [5.41, 5.74) is 0.329. The van der Waals surface area contributed by atoms with Gasteiger partial charge in [-0.15, -0.1) is 10.2 Å². The molecule has 2 heterocycles. The van der Waals surface area contributed by atoms with Crippen molar-refractivity contribution in [3.63, 3.8) is 0 Å². The smallest absolute Gasteiger partial charge is 0.257 e. The van der Waals surface area contributed by atoms with Crippen molar-refractivity contribution < 1.29 is 4.79 Å². The molecule has 0 spiro atoms. The lowest BCUT2D eigenvalue weighted by molar-refractivity contribution is 0.0747. The Bertz CT molecular complexity index is 425. The Morgan fingerprint density at radius 3 is 2.88 bits per heavy atom. The summed E-state index contributed by atoms with van der Waals surface area (Å²) < 4.78 is 0. The first kappa shape index (κ1) is 11.6. The van der Waals surface area contributed by atoms with Crippen LogP contribution in [-0.4, -0.2) is 33.6 Å². The molecule has 1 saturated heterocycles. The van der Waals surface area contributed by atoms with Crippen LogP contribution in [0.2, 0.25) is 10.3 Å². The van der Waals surface area contributed by atoms with Crippen LogP contribution in [0.25, 0.3) is 0 Å². The molecule has 0 aromatic carbocycles. The van der Waals surface area contributed by atoms with E-state index in [0.717, 1.165) is 19.4 Å². The number of carbonyl (C=O) groups is 1. The number of nitrogens with zero attached hydrogens (tertiary/aromatic N) is 3. The summed E-state index contributed by atoms with van der Waals surface area (Å²) in [4.78, 5) is 13.9. The van der Waals surface area contributed by atoms with Gasteiger partial charge in [-0.1, -0.05) is 23.2 Å². The lowest BCUT2D eigenvalue weighted by Crippen LogP contribution is -2.33. The molecule has 86 valence electrons. The van der Waals surface area contributed by atoms with Crippen molar-refractivity contribution in [3.05, 3.63) is 21.9 Å². The number of rotatable bonds is 1. The Hall–Kier alpha value is -0.870. The summed E-state index contributed by atoms with van der Waals surface area (Å²) in [5.74, 6) is -0.119. The average molecular weight is 260 g/mol. The van der Waals surface area contributed by atoms with Gasteiger partial charge >= 0.3 is 0 Å². The van der Waals surface area contributed by atoms with Crippen molar-refractivity contribution in [2.24, 2.45) is 0 Å². The van der Waals surface area contributed by atoms with Crippen LogP contribution in [0.3, 0.4) is 0 Å². The van der Waals surface area contributed by atoms with Crippen molar-refractivity contribution in [1.82, 2.24) is 15.1 Å². The molecule has 1 amide bonds. The third-order valence-corrected chi connectivity index (χ3v) is 3.23. The summed E-state index contributed by atoms with van der Waals surface area (Å²) in [7, 11) is 0. The molecule has 4 nitrogen and oxygen atoms in total. The predicted octanol–water partition coefficient (Wildman–Crippen LogP) is 2.41. The molecule has 0 saturated carbocycles. The van der Waals surface area contributed by atoms with Crippen LogP contribution >= 0.6 is 23.2 Å². The number of carbonyl (C=O) groups excluding carboxylic acids is 1. The average Bonchev–Trinajstić information content (AvgIpc) is 2.67. The largest absolute Gasteiger partial charge is 0.336 e. The maximum absolute atomic E-state index is 12.1. The molecule has 1 atom stereocenters. The predicted molar refractivity (Wildman–Crippen MR) is 61.8 cm³/mol. The highest BCUT2D eigenvalue weighted by Gasteiger charge is 2.27. The SMILES string of the molecule is CC1CCCN1C(=O)c1cc(Cl)nnc1Cl. The zero-order valence-electron chi connectivity index (χ0n) is 8.78. The molecule has 6 heteroatoms. The van der Waals surface area contributed by atoms with Gasteiger partial charge in [-0.3, -0.25) is 4.79 Å². The maximum Gasteiger partial charge on any atom is 0.257 e. The van der Waals surface area contributed by atoms with Gasteiger partial charge in [0.15, 0.2) is 10.3 Å². The molecule has 0 radical (unpaired) electrons. The molecular weight excluding hydrogens is 249 g/mol. The molecule has 2 rings (SSSR count). The van der Waals surface area contributed by atoms with Gasteiger partial charge in [-0.2, -0.15) is 0 Å². The minimum Gasteiger partial charge on any atom is -0.336 e. The molecule has 0 aliphatic carbocycles. The normalized spacial score (nSPS) is 20.2. The van der Waals surface area contributed by atoms with Gasteiger partial charge < -0.3 is 4.90 Å². The second kappa shape index (κ2) is 4.55. The van der Waals surface area contributed by atoms with Gasteiger partial charge in [0.2, 0.25) is 0 Å². The summed E-state index contributed by atoms with van der Waals surface area (Å²) >= 11 is 11.5. The Morgan fingerprint density at radius 1 is 1.50 bits per heavy atom. The third-order valence-electron chi connectivity index (χ3n) is 2.76. The quantitative estimate of drug-likeness (QED) is 0.778. The number of amides is 1. The van der Waals surface area contributed by atoms with E-state index < -0.39 is 0 Å². The second-order valence-corrected chi connectivity index (χ2v) is 4.61. The minimum absolute atomic E-state index is 0.105. The second-order valence-electron chi connectivity index (χ2n) is 3.86. The standard InChI is InChI=1S/C10H11Cl2N3O/c1-6-3-2-4-15(6)10(16)7-5-8(11)13-14-9(7)12/h5-6H,2-4H2,1H3. The van der Waals surface area contributed by atoms with E-state index in [4.69, 9.17) is 23.2 Å². The van der Waals surface area contributed by atoms with Crippen LogP contribution in [0.4, 0.5) is 0 Å². The van der Waals surface area contributed by atoms with E-state index in [1.54, 1.807) is 4.90 Å². The molecule has 1 aromatic rings. The van der Waals surface area contributed by atoms with Crippen molar-refractivity contribution in [2.45, 2.75) is 25.8 Å². The molecule has 1 aromatic heterocycles. The van der Waals surface area contributed by atoms with E-state index in [2.05, 4.69) is 10.2 Å². The summed E-state index contributed by atoms with van der Waals surface area (Å²) in [6, 6.07) is 1.71. The molecular formula is C10H11Cl2N3O. The highest BCUT2D eigenvalue weighted by Crippen LogP contribution is 2.23. The number of likely N-dealkylation sites (tertiary alicyclic amines) is 1. The van der Waals surface area contributed by atoms with Gasteiger partial charge in [0.25, 0.3) is 5.91 Å². The zero-order chi connectivity index (χ0) is 11.7. The number of aromatic nitrogens is 2. The van der Waals surface area contributed by atoms with Crippen molar-refractivity contribution in [2.75, 3.05) is 6.54 Å². The lowest BCUT2D eigenvalue weighted by atomic mass is 10.2. The van der Waals surface area contributed by atoms with Crippen LogP contribution in [-0.2, 0) is 0 Å². The fourth-order valence-corrected chi connectivity index (χ4v) is 2.21. The van der Waals surface area contributed by atoms with Crippen LogP contribution in [0.5, 0.6) is 0 Å². The topological polar surface area (TPSA) is 46.1 Å². The van der Waals surface area contributed by atoms with Crippen molar-refractivity contribution in [1.29, 1.82) is 0 Å². The van der Waals surface area contributed by atoms with Gasteiger partial charge in [0.05, 0.1) is 5.56 Å². The van der Waals surface area contributed by atoms with Gasteiger partial charge in [0.1, 0.15) is 0 Å². The van der Waals surface area contributed by atoms with E-state index in [1.807, 2.05) is 6.92 Å². The van der Waals surface area contributed by atoms with E-state index in [-0.39, 0.29) is 22.3 Å². The van der Waals surface area contributed by atoms with Crippen LogP contribution in [0, 0.1) is 0 Å². The summed E-state index contributed by atoms with van der Waals surface area (Å²) in [6.45, 7) is 2.78. The number of hydrogen-bond acceptors (Lipinski definition) is 3. The van der Waals surface area contributed by atoms with Crippen LogP contribution in [0.15, 0.2) is 6.07 Å². The molecule has 1 aliphatic rings. The highest BCUT2D eigenvalue weighted by atomic mass is 35.5. The van der Waals surface area contributed by atoms with Gasteiger partial charge in [-0.25, -0.2) is 0 Å². The molecule has 1 unspecified atom stereocenters. The summed E-state index contributed by atoms with van der Waals surface area (Å²) in [6.07, 6.45) is 2.05. The minimum atomic E-state index is -0.119. The van der Waals surface area contributed by atoms with Crippen LogP contribution in [0.1, 0.15) is 30.1 Å². The first-order valence-electron chi connectivity index (χ1n) is 5.09. The van der Waals surface area contributed by atoms with E-state index >= 15 is 0 Å². The maximum atomic E-state index is 12.1. The van der Waals surface area contributed by atoms with Gasteiger partial charge in [0, 0.05) is 12.6 Å². The number of hydrogen-bond donors (Lipinski definition) is 0. The molecule has 0 bridgehead atoms. The van der Waals surface area contributed by atoms with Gasteiger partial charge in [-0.05, 0) is 25.8 Å². The van der Waals surface area contributed by atoms with Crippen molar-refractivity contribution >= 4 is 29.1 Å². The van der Waals surface area contributed by atoms with E-state index in [9.17, 15) is 4.79 Å². The van der Waals surface area contributed by atoms with Crippen molar-refractivity contribution in [3.8, 4) is 0 Å². The highest BCUT2D eigenvalue weighted by molar-refractivity contribution is 6.34. The molecule has 16 heavy (non-hydrogen) atoms. The summed E-state index contributed by atoms with van der Waals surface area (Å²) in [5, 5.41) is 7.50. The Morgan fingerprint density at radius 2 is 2.25 bits per heavy atom. The Kier molecular flexibility index (Phi) is 3.30. The lowest BCUT2D eigenvalue weighted by Gasteiger charge is -2.21. The molecule has 0 N–H and O–H groups in total. The Balaban J connectivity index is 2.29. The fourth-order valence-electron chi connectivity index (χ4n) is 1.89.